The third-order valence-corrected chi connectivity index (χ3v) is 4.25. The van der Waals surface area contributed by atoms with Gasteiger partial charge in [0.25, 0.3) is 0 Å². The van der Waals surface area contributed by atoms with E-state index in [1.807, 2.05) is 13.8 Å². The second-order valence-electron chi connectivity index (χ2n) is 6.96. The highest BCUT2D eigenvalue weighted by Gasteiger charge is 2.31. The molecule has 1 saturated heterocycles. The minimum Gasteiger partial charge on any atom is -0.380 e. The van der Waals surface area contributed by atoms with Crippen LogP contribution in [0.5, 0.6) is 0 Å². The summed E-state index contributed by atoms with van der Waals surface area (Å²) in [7, 11) is 0.574. The maximum absolute atomic E-state index is 5.78. The molecule has 3 nitrogen and oxygen atoms in total. The van der Waals surface area contributed by atoms with Gasteiger partial charge in [0, 0.05) is 7.11 Å². The Morgan fingerprint density at radius 3 is 2.50 bits per heavy atom. The lowest BCUT2D eigenvalue weighted by Gasteiger charge is -2.16. The van der Waals surface area contributed by atoms with Gasteiger partial charge in [0.1, 0.15) is 0 Å². The minimum absolute atomic E-state index is 0.188. The highest BCUT2D eigenvalue weighted by molar-refractivity contribution is 6.81. The monoisotopic (exact) mass is 298 g/mol. The third-order valence-electron chi connectivity index (χ3n) is 2.98. The summed E-state index contributed by atoms with van der Waals surface area (Å²) in [5.74, 6) is -0.419. The van der Waals surface area contributed by atoms with Gasteiger partial charge < -0.3 is 14.2 Å². The average Bonchev–Trinajstić information content (AvgIpc) is 2.62. The molecular formula is C16H30O3Si. The maximum Gasteiger partial charge on any atom is 0.163 e. The molecular weight excluding hydrogens is 268 g/mol. The highest BCUT2D eigenvalue weighted by atomic mass is 28.3. The Kier molecular flexibility index (Phi) is 6.65. The summed E-state index contributed by atoms with van der Waals surface area (Å²) >= 11 is 0. The first-order valence-corrected chi connectivity index (χ1v) is 11.0. The fraction of sp³-hybridized carbons (Fsp3) is 0.750. The van der Waals surface area contributed by atoms with Crippen molar-refractivity contribution in [3.63, 3.8) is 0 Å². The topological polar surface area (TPSA) is 27.7 Å². The zero-order valence-corrected chi connectivity index (χ0v) is 14.9. The van der Waals surface area contributed by atoms with E-state index < -0.39 is 13.9 Å². The molecule has 20 heavy (non-hydrogen) atoms. The van der Waals surface area contributed by atoms with Crippen LogP contribution in [-0.4, -0.2) is 40.3 Å². The van der Waals surface area contributed by atoms with Gasteiger partial charge in [0.2, 0.25) is 0 Å². The summed E-state index contributed by atoms with van der Waals surface area (Å²) in [6, 6.07) is 0. The molecule has 0 amide bonds. The first-order valence-electron chi connectivity index (χ1n) is 7.38. The Labute approximate surface area is 125 Å². The van der Waals surface area contributed by atoms with Crippen molar-refractivity contribution in [2.75, 3.05) is 20.3 Å². The van der Waals surface area contributed by atoms with Crippen molar-refractivity contribution in [1.82, 2.24) is 0 Å². The number of rotatable bonds is 7. The minimum atomic E-state index is -1.18. The number of ether oxygens (including phenoxy) is 3. The Morgan fingerprint density at radius 1 is 1.30 bits per heavy atom. The lowest BCUT2D eigenvalue weighted by atomic mass is 10.2. The Morgan fingerprint density at radius 2 is 2.00 bits per heavy atom. The van der Waals surface area contributed by atoms with E-state index in [2.05, 4.69) is 37.5 Å². The average molecular weight is 298 g/mol. The van der Waals surface area contributed by atoms with E-state index in [1.165, 1.54) is 5.57 Å². The van der Waals surface area contributed by atoms with Gasteiger partial charge >= 0.3 is 0 Å². The largest absolute Gasteiger partial charge is 0.380 e. The van der Waals surface area contributed by atoms with Crippen LogP contribution < -0.4 is 0 Å². The summed E-state index contributed by atoms with van der Waals surface area (Å²) in [4.78, 5) is 0. The third kappa shape index (κ3) is 7.38. The summed E-state index contributed by atoms with van der Waals surface area (Å²) in [5.41, 5.74) is 3.81. The second-order valence-corrected chi connectivity index (χ2v) is 12.0. The van der Waals surface area contributed by atoms with Gasteiger partial charge in [0.15, 0.2) is 5.79 Å². The molecule has 1 aliphatic rings. The van der Waals surface area contributed by atoms with Crippen LogP contribution in [0.4, 0.5) is 0 Å². The van der Waals surface area contributed by atoms with Gasteiger partial charge in [-0.15, -0.1) is 0 Å². The highest BCUT2D eigenvalue weighted by Crippen LogP contribution is 2.24. The van der Waals surface area contributed by atoms with Gasteiger partial charge in [0.05, 0.1) is 27.4 Å². The van der Waals surface area contributed by atoms with Gasteiger partial charge in [-0.05, 0) is 32.3 Å². The first kappa shape index (κ1) is 17.6. The number of allylic oxidation sites excluding steroid dienone is 1. The molecule has 0 N–H and O–H groups in total. The molecule has 1 atom stereocenters. The second kappa shape index (κ2) is 7.55. The fourth-order valence-electron chi connectivity index (χ4n) is 2.32. The van der Waals surface area contributed by atoms with E-state index in [0.29, 0.717) is 6.61 Å². The molecule has 0 aromatic rings. The molecule has 0 radical (unpaired) electrons. The maximum atomic E-state index is 5.78. The number of hydrogen-bond donors (Lipinski definition) is 0. The van der Waals surface area contributed by atoms with Crippen molar-refractivity contribution >= 4 is 8.07 Å². The Bertz CT molecular complexity index is 353. The summed E-state index contributed by atoms with van der Waals surface area (Å²) in [6.45, 7) is 12.4. The first-order chi connectivity index (χ1) is 9.22. The van der Waals surface area contributed by atoms with E-state index >= 15 is 0 Å². The van der Waals surface area contributed by atoms with Gasteiger partial charge in [-0.25, -0.2) is 0 Å². The van der Waals surface area contributed by atoms with Crippen LogP contribution in [0.1, 0.15) is 26.7 Å². The molecule has 116 valence electrons. The van der Waals surface area contributed by atoms with Gasteiger partial charge in [-0.1, -0.05) is 37.5 Å². The van der Waals surface area contributed by atoms with Crippen molar-refractivity contribution in [3.05, 3.63) is 23.4 Å². The van der Waals surface area contributed by atoms with Crippen LogP contribution in [0.2, 0.25) is 19.6 Å². The molecule has 0 aromatic heterocycles. The summed E-state index contributed by atoms with van der Waals surface area (Å²) in [6.07, 6.45) is 6.49. The summed E-state index contributed by atoms with van der Waals surface area (Å²) < 4.78 is 16.6. The van der Waals surface area contributed by atoms with E-state index in [9.17, 15) is 0 Å². The molecule has 0 aliphatic carbocycles. The van der Waals surface area contributed by atoms with Crippen LogP contribution >= 0.6 is 0 Å². The zero-order chi connectivity index (χ0) is 15.2. The molecule has 1 rings (SSSR count). The van der Waals surface area contributed by atoms with Crippen LogP contribution in [0.25, 0.3) is 0 Å². The quantitative estimate of drug-likeness (QED) is 0.526. The van der Waals surface area contributed by atoms with Gasteiger partial charge in [-0.2, -0.15) is 0 Å². The summed E-state index contributed by atoms with van der Waals surface area (Å²) in [5, 5.41) is 0. The SMILES string of the molecule is COC/C(=C\[Si](C)(C)C)C/C=C/CC1COC(C)(C)O1. The molecule has 0 spiro atoms. The normalized spacial score (nSPS) is 23.7. The van der Waals surface area contributed by atoms with E-state index in [1.54, 1.807) is 7.11 Å². The van der Waals surface area contributed by atoms with Crippen molar-refractivity contribution < 1.29 is 14.2 Å². The smallest absolute Gasteiger partial charge is 0.163 e. The lowest BCUT2D eigenvalue weighted by Crippen LogP contribution is -2.21. The molecule has 0 saturated carbocycles. The van der Waals surface area contributed by atoms with Crippen LogP contribution in [0, 0.1) is 0 Å². The molecule has 1 unspecified atom stereocenters. The molecule has 1 aliphatic heterocycles. The predicted molar refractivity (Wildman–Crippen MR) is 86.6 cm³/mol. The van der Waals surface area contributed by atoms with Crippen LogP contribution in [-0.2, 0) is 14.2 Å². The molecule has 1 heterocycles. The number of hydrogen-bond acceptors (Lipinski definition) is 3. The molecule has 1 fully saturated rings. The molecule has 4 heteroatoms. The molecule has 0 aromatic carbocycles. The predicted octanol–water partition coefficient (Wildman–Crippen LogP) is 3.92. The van der Waals surface area contributed by atoms with Crippen molar-refractivity contribution in [3.8, 4) is 0 Å². The van der Waals surface area contributed by atoms with E-state index in [-0.39, 0.29) is 6.10 Å². The fourth-order valence-corrected chi connectivity index (χ4v) is 3.75. The van der Waals surface area contributed by atoms with Crippen LogP contribution in [0.15, 0.2) is 23.4 Å². The van der Waals surface area contributed by atoms with Crippen molar-refractivity contribution in [2.45, 2.75) is 58.2 Å². The zero-order valence-electron chi connectivity index (χ0n) is 13.9. The Balaban J connectivity index is 2.40. The number of methoxy groups -OCH3 is 1. The standard InChI is InChI=1S/C16H30O3Si/c1-16(2)18-12-15(19-16)10-8-7-9-14(11-17-3)13-20(4,5)6/h7-8,13,15H,9-12H2,1-6H3/b8-7+,14-13-. The van der Waals surface area contributed by atoms with Crippen LogP contribution in [0.3, 0.4) is 0 Å². The van der Waals surface area contributed by atoms with E-state index in [4.69, 9.17) is 14.2 Å². The Hall–Kier alpha value is -0.423. The van der Waals surface area contributed by atoms with Crippen molar-refractivity contribution in [1.29, 1.82) is 0 Å². The van der Waals surface area contributed by atoms with Gasteiger partial charge in [-0.3, -0.25) is 0 Å². The van der Waals surface area contributed by atoms with Crippen molar-refractivity contribution in [2.24, 2.45) is 0 Å². The lowest BCUT2D eigenvalue weighted by molar-refractivity contribution is -0.137. The molecule has 0 bridgehead atoms. The van der Waals surface area contributed by atoms with E-state index in [0.717, 1.165) is 19.4 Å².